The average Bonchev–Trinajstić information content (AvgIpc) is 2.89. The largest absolute Gasteiger partial charge is 0.367 e. The van der Waals surface area contributed by atoms with E-state index in [-0.39, 0.29) is 18.4 Å². The van der Waals surface area contributed by atoms with E-state index in [1.165, 1.54) is 16.6 Å². The van der Waals surface area contributed by atoms with Crippen molar-refractivity contribution >= 4 is 11.9 Å². The highest BCUT2D eigenvalue weighted by Crippen LogP contribution is 2.05. The molecule has 0 radical (unpaired) electrons. The van der Waals surface area contributed by atoms with Crippen molar-refractivity contribution in [3.63, 3.8) is 0 Å². The number of anilines is 1. The molecule has 0 aliphatic rings. The van der Waals surface area contributed by atoms with Crippen LogP contribution in [-0.2, 0) is 17.8 Å². The van der Waals surface area contributed by atoms with E-state index >= 15 is 0 Å². The molecule has 2 rings (SSSR count). The van der Waals surface area contributed by atoms with Crippen LogP contribution in [0.2, 0.25) is 0 Å². The average molecular weight is 287 g/mol. The maximum Gasteiger partial charge on any atom is 0.244 e. The number of nitrogens with zero attached hydrogens (tertiary/aromatic N) is 4. The van der Waals surface area contributed by atoms with Crippen molar-refractivity contribution in [1.29, 1.82) is 0 Å². The normalized spacial score (nSPS) is 10.5. The molecule has 0 fully saturated rings. The predicted octanol–water partition coefficient (Wildman–Crippen LogP) is 1.34. The number of carbonyl (C=O) groups is 1. The number of rotatable bonds is 7. The summed E-state index contributed by atoms with van der Waals surface area (Å²) in [6, 6.07) is 10.4. The number of benzene rings is 1. The number of unbranched alkanes of at least 4 members (excludes halogenated alkanes) is 1. The van der Waals surface area contributed by atoms with Gasteiger partial charge in [-0.2, -0.15) is 0 Å². The second kappa shape index (κ2) is 7.42. The Morgan fingerprint density at radius 2 is 2.05 bits per heavy atom. The molecule has 0 aliphatic carbocycles. The first-order chi connectivity index (χ1) is 10.1. The van der Waals surface area contributed by atoms with E-state index in [1.54, 1.807) is 4.90 Å². The molecule has 21 heavy (non-hydrogen) atoms. The lowest BCUT2D eigenvalue weighted by molar-refractivity contribution is -0.130. The maximum atomic E-state index is 12.0. The Labute approximate surface area is 124 Å². The summed E-state index contributed by atoms with van der Waals surface area (Å²) in [6.45, 7) is 0.926. The van der Waals surface area contributed by atoms with Crippen molar-refractivity contribution in [2.24, 2.45) is 0 Å². The van der Waals surface area contributed by atoms with Crippen molar-refractivity contribution in [2.45, 2.75) is 25.8 Å². The molecule has 2 aromatic rings. The number of aromatic nitrogens is 3. The van der Waals surface area contributed by atoms with Crippen LogP contribution in [0.15, 0.2) is 36.7 Å². The number of aryl methyl sites for hydroxylation is 1. The Balaban J connectivity index is 1.67. The van der Waals surface area contributed by atoms with Gasteiger partial charge in [-0.3, -0.25) is 4.79 Å². The molecule has 0 saturated carbocycles. The van der Waals surface area contributed by atoms with Crippen LogP contribution in [0, 0.1) is 0 Å². The number of likely N-dealkylation sites (N-methyl/N-ethyl adjacent to an activating group) is 1. The van der Waals surface area contributed by atoms with Gasteiger partial charge in [0, 0.05) is 13.6 Å². The zero-order chi connectivity index (χ0) is 15.1. The third kappa shape index (κ3) is 4.91. The summed E-state index contributed by atoms with van der Waals surface area (Å²) >= 11 is 0. The Hall–Kier alpha value is -2.37. The van der Waals surface area contributed by atoms with Crippen molar-refractivity contribution in [3.8, 4) is 0 Å². The van der Waals surface area contributed by atoms with Crippen molar-refractivity contribution in [2.75, 3.05) is 19.3 Å². The number of carbonyl (C=O) groups excluding carboxylic acids is 1. The number of nitrogens with two attached hydrogens (primary N) is 1. The highest BCUT2D eigenvalue weighted by atomic mass is 16.2. The highest BCUT2D eigenvalue weighted by Gasteiger charge is 2.10. The third-order valence-corrected chi connectivity index (χ3v) is 3.33. The highest BCUT2D eigenvalue weighted by molar-refractivity contribution is 5.75. The van der Waals surface area contributed by atoms with Crippen LogP contribution in [-0.4, -0.2) is 39.2 Å². The van der Waals surface area contributed by atoms with Crippen molar-refractivity contribution < 1.29 is 4.79 Å². The molecule has 112 valence electrons. The van der Waals surface area contributed by atoms with Gasteiger partial charge in [-0.15, -0.1) is 5.10 Å². The molecule has 1 aromatic heterocycles. The molecular formula is C15H21N5O. The molecule has 1 aromatic carbocycles. The topological polar surface area (TPSA) is 77.0 Å². The molecule has 6 nitrogen and oxygen atoms in total. The van der Waals surface area contributed by atoms with E-state index in [0.717, 1.165) is 25.8 Å². The van der Waals surface area contributed by atoms with Gasteiger partial charge in [-0.25, -0.2) is 9.67 Å². The maximum absolute atomic E-state index is 12.0. The van der Waals surface area contributed by atoms with E-state index < -0.39 is 0 Å². The summed E-state index contributed by atoms with van der Waals surface area (Å²) in [6.07, 6.45) is 4.56. The summed E-state index contributed by atoms with van der Waals surface area (Å²) in [5.74, 6) is 0.202. The van der Waals surface area contributed by atoms with Crippen molar-refractivity contribution in [1.82, 2.24) is 19.7 Å². The Bertz CT molecular complexity index is 566. The van der Waals surface area contributed by atoms with Crippen LogP contribution in [0.4, 0.5) is 5.95 Å². The quantitative estimate of drug-likeness (QED) is 0.780. The minimum atomic E-state index is 0.0135. The van der Waals surface area contributed by atoms with Crippen LogP contribution in [0.5, 0.6) is 0 Å². The van der Waals surface area contributed by atoms with Crippen LogP contribution in [0.1, 0.15) is 18.4 Å². The summed E-state index contributed by atoms with van der Waals surface area (Å²) in [5.41, 5.74) is 6.75. The SMILES string of the molecule is CN(CCCCc1ccccc1)C(=O)Cn1cnc(N)n1. The second-order valence-electron chi connectivity index (χ2n) is 5.06. The fraction of sp³-hybridized carbons (Fsp3) is 0.400. The molecule has 2 N–H and O–H groups in total. The van der Waals surface area contributed by atoms with Gasteiger partial charge in [0.2, 0.25) is 11.9 Å². The Kier molecular flexibility index (Phi) is 5.31. The number of hydrogen-bond acceptors (Lipinski definition) is 4. The Morgan fingerprint density at radius 1 is 1.29 bits per heavy atom. The summed E-state index contributed by atoms with van der Waals surface area (Å²) in [5, 5.41) is 3.91. The second-order valence-corrected chi connectivity index (χ2v) is 5.06. The number of amides is 1. The summed E-state index contributed by atoms with van der Waals surface area (Å²) in [4.78, 5) is 17.5. The molecule has 0 saturated heterocycles. The minimum Gasteiger partial charge on any atom is -0.367 e. The first kappa shape index (κ1) is 15.0. The van der Waals surface area contributed by atoms with E-state index in [0.29, 0.717) is 0 Å². The lowest BCUT2D eigenvalue weighted by Gasteiger charge is -2.16. The van der Waals surface area contributed by atoms with E-state index in [2.05, 4.69) is 34.3 Å². The number of nitrogen functional groups attached to an aromatic ring is 1. The van der Waals surface area contributed by atoms with Gasteiger partial charge in [0.25, 0.3) is 0 Å². The summed E-state index contributed by atoms with van der Waals surface area (Å²) < 4.78 is 1.46. The monoisotopic (exact) mass is 287 g/mol. The molecule has 6 heteroatoms. The lowest BCUT2D eigenvalue weighted by atomic mass is 10.1. The van der Waals surface area contributed by atoms with Crippen LogP contribution >= 0.6 is 0 Å². The predicted molar refractivity (Wildman–Crippen MR) is 81.5 cm³/mol. The van der Waals surface area contributed by atoms with E-state index in [9.17, 15) is 4.79 Å². The number of hydrogen-bond donors (Lipinski definition) is 1. The zero-order valence-corrected chi connectivity index (χ0v) is 12.3. The molecule has 0 bridgehead atoms. The molecule has 0 atom stereocenters. The fourth-order valence-electron chi connectivity index (χ4n) is 2.09. The van der Waals surface area contributed by atoms with Gasteiger partial charge in [-0.05, 0) is 24.8 Å². The van der Waals surface area contributed by atoms with Gasteiger partial charge in [-0.1, -0.05) is 30.3 Å². The van der Waals surface area contributed by atoms with Gasteiger partial charge in [0.05, 0.1) is 0 Å². The molecule has 0 aliphatic heterocycles. The minimum absolute atomic E-state index is 0.0135. The van der Waals surface area contributed by atoms with Gasteiger partial charge >= 0.3 is 0 Å². The fourth-order valence-corrected chi connectivity index (χ4v) is 2.09. The first-order valence-electron chi connectivity index (χ1n) is 7.08. The molecule has 0 spiro atoms. The standard InChI is InChI=1S/C15H21N5O/c1-19(14(21)11-20-12-17-15(16)18-20)10-6-5-9-13-7-3-2-4-8-13/h2-4,7-8,12H,5-6,9-11H2,1H3,(H2,16,18). The zero-order valence-electron chi connectivity index (χ0n) is 12.3. The van der Waals surface area contributed by atoms with Crippen molar-refractivity contribution in [3.05, 3.63) is 42.2 Å². The van der Waals surface area contributed by atoms with Crippen LogP contribution in [0.3, 0.4) is 0 Å². The third-order valence-electron chi connectivity index (χ3n) is 3.33. The smallest absolute Gasteiger partial charge is 0.244 e. The van der Waals surface area contributed by atoms with Crippen LogP contribution in [0.25, 0.3) is 0 Å². The molecule has 1 amide bonds. The summed E-state index contributed by atoms with van der Waals surface area (Å²) in [7, 11) is 1.81. The van der Waals surface area contributed by atoms with Gasteiger partial charge in [0.1, 0.15) is 12.9 Å². The van der Waals surface area contributed by atoms with E-state index in [4.69, 9.17) is 5.73 Å². The van der Waals surface area contributed by atoms with Gasteiger partial charge in [0.15, 0.2) is 0 Å². The first-order valence-corrected chi connectivity index (χ1v) is 7.08. The Morgan fingerprint density at radius 3 is 2.71 bits per heavy atom. The van der Waals surface area contributed by atoms with Crippen LogP contribution < -0.4 is 5.73 Å². The molecular weight excluding hydrogens is 266 g/mol. The van der Waals surface area contributed by atoms with E-state index in [1.807, 2.05) is 13.1 Å². The molecule has 0 unspecified atom stereocenters. The van der Waals surface area contributed by atoms with Gasteiger partial charge < -0.3 is 10.6 Å². The lowest BCUT2D eigenvalue weighted by Crippen LogP contribution is -2.31. The molecule has 1 heterocycles.